The van der Waals surface area contributed by atoms with E-state index in [1.54, 1.807) is 0 Å². The minimum atomic E-state index is -0.936. The van der Waals surface area contributed by atoms with Crippen LogP contribution in [0.1, 0.15) is 26.7 Å². The van der Waals surface area contributed by atoms with Gasteiger partial charge in [0.05, 0.1) is 0 Å². The van der Waals surface area contributed by atoms with Crippen molar-refractivity contribution in [3.05, 3.63) is 11.1 Å². The minimum absolute atomic E-state index is 0.638. The fraction of sp³-hybridized carbons (Fsp3) is 0.714. The largest absolute Gasteiger partial charge is 0.375 e. The van der Waals surface area contributed by atoms with E-state index in [1.807, 2.05) is 13.8 Å². The molecule has 1 aliphatic rings. The van der Waals surface area contributed by atoms with E-state index in [2.05, 4.69) is 0 Å². The van der Waals surface area contributed by atoms with Crippen LogP contribution in [0.2, 0.25) is 0 Å². The van der Waals surface area contributed by atoms with Crippen molar-refractivity contribution in [3.8, 4) is 0 Å². The topological polar surface area (TPSA) is 46.2 Å². The Kier molecular flexibility index (Phi) is 1.37. The second-order valence-electron chi connectivity index (χ2n) is 3.02. The Morgan fingerprint density at radius 1 is 1.33 bits per heavy atom. The van der Waals surface area contributed by atoms with Crippen molar-refractivity contribution in [2.45, 2.75) is 32.4 Å². The number of hydrogen-bond acceptors (Lipinski definition) is 2. The van der Waals surface area contributed by atoms with Gasteiger partial charge in [-0.2, -0.15) is 0 Å². The molecule has 2 heteroatoms. The van der Waals surface area contributed by atoms with Gasteiger partial charge in [-0.3, -0.25) is 0 Å². The van der Waals surface area contributed by atoms with Crippen LogP contribution < -0.4 is 5.73 Å². The molecule has 0 radical (unpaired) electrons. The Balaban J connectivity index is 2.70. The summed E-state index contributed by atoms with van der Waals surface area (Å²) < 4.78 is 0. The molecule has 1 aliphatic carbocycles. The third kappa shape index (κ3) is 1.32. The van der Waals surface area contributed by atoms with E-state index in [4.69, 9.17) is 5.73 Å². The molecule has 3 N–H and O–H groups in total. The molecule has 0 aliphatic heterocycles. The molecule has 0 fully saturated rings. The van der Waals surface area contributed by atoms with Gasteiger partial charge in [0.1, 0.15) is 5.72 Å². The first-order valence-corrected chi connectivity index (χ1v) is 3.18. The number of rotatable bonds is 0. The lowest BCUT2D eigenvalue weighted by Gasteiger charge is -2.15. The first-order chi connectivity index (χ1) is 4.01. The highest BCUT2D eigenvalue weighted by Crippen LogP contribution is 2.30. The SMILES string of the molecule is CC1=C(C)CC(N)(O)C1. The Hall–Kier alpha value is -0.340. The van der Waals surface area contributed by atoms with Crippen molar-refractivity contribution in [1.29, 1.82) is 0 Å². The van der Waals surface area contributed by atoms with Crippen molar-refractivity contribution in [1.82, 2.24) is 0 Å². The van der Waals surface area contributed by atoms with Crippen molar-refractivity contribution in [3.63, 3.8) is 0 Å². The van der Waals surface area contributed by atoms with E-state index in [0.29, 0.717) is 12.8 Å². The van der Waals surface area contributed by atoms with Crippen molar-refractivity contribution in [2.75, 3.05) is 0 Å². The summed E-state index contributed by atoms with van der Waals surface area (Å²) in [5, 5.41) is 9.27. The van der Waals surface area contributed by atoms with E-state index < -0.39 is 5.72 Å². The summed E-state index contributed by atoms with van der Waals surface area (Å²) in [6.45, 7) is 4.03. The summed E-state index contributed by atoms with van der Waals surface area (Å²) in [5.41, 5.74) is 7.01. The summed E-state index contributed by atoms with van der Waals surface area (Å²) in [7, 11) is 0. The summed E-state index contributed by atoms with van der Waals surface area (Å²) >= 11 is 0. The maximum Gasteiger partial charge on any atom is 0.121 e. The fourth-order valence-corrected chi connectivity index (χ4v) is 1.28. The molecule has 0 atom stereocenters. The Bertz CT molecular complexity index is 142. The van der Waals surface area contributed by atoms with Crippen molar-refractivity contribution < 1.29 is 5.11 Å². The highest BCUT2D eigenvalue weighted by Gasteiger charge is 2.28. The van der Waals surface area contributed by atoms with Crippen LogP contribution in [-0.2, 0) is 0 Å². The lowest BCUT2D eigenvalue weighted by molar-refractivity contribution is 0.0580. The molecule has 0 unspecified atom stereocenters. The van der Waals surface area contributed by atoms with Gasteiger partial charge in [0.15, 0.2) is 0 Å². The van der Waals surface area contributed by atoms with Crippen LogP contribution in [0.5, 0.6) is 0 Å². The van der Waals surface area contributed by atoms with Crippen molar-refractivity contribution in [2.24, 2.45) is 5.73 Å². The highest BCUT2D eigenvalue weighted by molar-refractivity contribution is 5.20. The van der Waals surface area contributed by atoms with Crippen LogP contribution in [0, 0.1) is 0 Å². The monoisotopic (exact) mass is 127 g/mol. The minimum Gasteiger partial charge on any atom is -0.375 e. The second kappa shape index (κ2) is 1.82. The van der Waals surface area contributed by atoms with Crippen LogP contribution in [0.3, 0.4) is 0 Å². The molecule has 52 valence electrons. The zero-order valence-electron chi connectivity index (χ0n) is 5.94. The number of aliphatic hydroxyl groups is 1. The molecule has 0 saturated carbocycles. The first kappa shape index (κ1) is 6.78. The maximum absolute atomic E-state index is 9.27. The molecule has 0 aromatic heterocycles. The van der Waals surface area contributed by atoms with Gasteiger partial charge in [-0.25, -0.2) is 0 Å². The van der Waals surface area contributed by atoms with Crippen LogP contribution in [0.4, 0.5) is 0 Å². The number of nitrogens with two attached hydrogens (primary N) is 1. The molecular weight excluding hydrogens is 114 g/mol. The van der Waals surface area contributed by atoms with E-state index in [-0.39, 0.29) is 0 Å². The fourth-order valence-electron chi connectivity index (χ4n) is 1.28. The maximum atomic E-state index is 9.27. The zero-order chi connectivity index (χ0) is 7.07. The molecule has 0 aromatic carbocycles. The van der Waals surface area contributed by atoms with Gasteiger partial charge in [-0.1, -0.05) is 11.1 Å². The van der Waals surface area contributed by atoms with E-state index in [9.17, 15) is 5.11 Å². The predicted molar refractivity (Wildman–Crippen MR) is 36.7 cm³/mol. The lowest BCUT2D eigenvalue weighted by atomic mass is 10.1. The third-order valence-corrected chi connectivity index (χ3v) is 1.87. The van der Waals surface area contributed by atoms with E-state index in [1.165, 1.54) is 11.1 Å². The smallest absolute Gasteiger partial charge is 0.121 e. The molecule has 0 spiro atoms. The summed E-state index contributed by atoms with van der Waals surface area (Å²) in [6, 6.07) is 0. The molecule has 9 heavy (non-hydrogen) atoms. The molecule has 0 saturated heterocycles. The molecule has 0 amide bonds. The Labute approximate surface area is 55.4 Å². The average Bonchev–Trinajstić information content (AvgIpc) is 1.79. The van der Waals surface area contributed by atoms with Crippen LogP contribution in [0.15, 0.2) is 11.1 Å². The zero-order valence-corrected chi connectivity index (χ0v) is 5.94. The summed E-state index contributed by atoms with van der Waals surface area (Å²) in [5.74, 6) is 0. The summed E-state index contributed by atoms with van der Waals surface area (Å²) in [6.07, 6.45) is 1.28. The van der Waals surface area contributed by atoms with Gasteiger partial charge in [0.25, 0.3) is 0 Å². The van der Waals surface area contributed by atoms with Gasteiger partial charge >= 0.3 is 0 Å². The number of hydrogen-bond donors (Lipinski definition) is 2. The van der Waals surface area contributed by atoms with Crippen LogP contribution in [0.25, 0.3) is 0 Å². The van der Waals surface area contributed by atoms with Crippen molar-refractivity contribution >= 4 is 0 Å². The summed E-state index contributed by atoms with van der Waals surface area (Å²) in [4.78, 5) is 0. The standard InChI is InChI=1S/C7H13NO/c1-5-3-7(8,9)4-6(5)2/h9H,3-4,8H2,1-2H3. The van der Waals surface area contributed by atoms with Gasteiger partial charge in [0, 0.05) is 12.8 Å². The molecule has 1 rings (SSSR count). The predicted octanol–water partition coefficient (Wildman–Crippen LogP) is 0.764. The van der Waals surface area contributed by atoms with Gasteiger partial charge < -0.3 is 10.8 Å². The normalized spacial score (nSPS) is 25.3. The lowest BCUT2D eigenvalue weighted by Crippen LogP contribution is -2.36. The highest BCUT2D eigenvalue weighted by atomic mass is 16.3. The van der Waals surface area contributed by atoms with E-state index in [0.717, 1.165) is 0 Å². The Morgan fingerprint density at radius 3 is 1.78 bits per heavy atom. The molecule has 2 nitrogen and oxygen atoms in total. The first-order valence-electron chi connectivity index (χ1n) is 3.18. The van der Waals surface area contributed by atoms with Gasteiger partial charge in [0.2, 0.25) is 0 Å². The van der Waals surface area contributed by atoms with Crippen LogP contribution in [-0.4, -0.2) is 10.8 Å². The third-order valence-electron chi connectivity index (χ3n) is 1.87. The van der Waals surface area contributed by atoms with Gasteiger partial charge in [-0.05, 0) is 13.8 Å². The molecule has 0 bridgehead atoms. The average molecular weight is 127 g/mol. The van der Waals surface area contributed by atoms with E-state index >= 15 is 0 Å². The van der Waals surface area contributed by atoms with Crippen LogP contribution >= 0.6 is 0 Å². The molecule has 0 aromatic rings. The van der Waals surface area contributed by atoms with Gasteiger partial charge in [-0.15, -0.1) is 0 Å². The second-order valence-corrected chi connectivity index (χ2v) is 3.02. The molecular formula is C7H13NO. The Morgan fingerprint density at radius 2 is 1.67 bits per heavy atom. The quantitative estimate of drug-likeness (QED) is 0.373. The molecule has 0 heterocycles.